The van der Waals surface area contributed by atoms with Crippen molar-refractivity contribution in [1.29, 1.82) is 0 Å². The number of hydrogen-bond acceptors (Lipinski definition) is 2. The third-order valence-corrected chi connectivity index (χ3v) is 2.71. The van der Waals surface area contributed by atoms with Crippen molar-refractivity contribution in [2.24, 2.45) is 0 Å². The third kappa shape index (κ3) is 1.85. The van der Waals surface area contributed by atoms with Crippen molar-refractivity contribution in [3.63, 3.8) is 0 Å². The fraction of sp³-hybridized carbons (Fsp3) is 0.364. The van der Waals surface area contributed by atoms with Crippen molar-refractivity contribution in [1.82, 2.24) is 4.90 Å². The van der Waals surface area contributed by atoms with E-state index in [1.54, 1.807) is 20.2 Å². The molecule has 0 radical (unpaired) electrons. The number of aliphatic carboxylic acids is 1. The Labute approximate surface area is 88.1 Å². The summed E-state index contributed by atoms with van der Waals surface area (Å²) in [6.07, 6.45) is 0. The number of halogens is 1. The molecule has 1 rings (SSSR count). The standard InChI is InChI=1S/C11H14FNO2/c1-11(10(14)15,13(2)3)8-6-4-5-7-9(8)12/h4-7H,1-3H3,(H,14,15)/t11-/m0/s1. The Hall–Kier alpha value is -1.42. The highest BCUT2D eigenvalue weighted by atomic mass is 19.1. The van der Waals surface area contributed by atoms with E-state index < -0.39 is 17.3 Å². The molecule has 3 nitrogen and oxygen atoms in total. The van der Waals surface area contributed by atoms with Gasteiger partial charge in [-0.1, -0.05) is 18.2 Å². The molecule has 1 atom stereocenters. The van der Waals surface area contributed by atoms with Crippen molar-refractivity contribution in [2.75, 3.05) is 14.1 Å². The number of hydrogen-bond donors (Lipinski definition) is 1. The first-order valence-corrected chi connectivity index (χ1v) is 4.56. The van der Waals surface area contributed by atoms with Crippen molar-refractivity contribution >= 4 is 5.97 Å². The number of benzene rings is 1. The molecule has 1 aromatic rings. The van der Waals surface area contributed by atoms with Gasteiger partial charge in [-0.05, 0) is 27.1 Å². The van der Waals surface area contributed by atoms with Crippen LogP contribution >= 0.6 is 0 Å². The summed E-state index contributed by atoms with van der Waals surface area (Å²) in [6.45, 7) is 1.48. The second-order valence-corrected chi connectivity index (χ2v) is 3.75. The topological polar surface area (TPSA) is 40.5 Å². The second kappa shape index (κ2) is 3.98. The molecule has 0 spiro atoms. The Balaban J connectivity index is 3.34. The Morgan fingerprint density at radius 2 is 1.93 bits per heavy atom. The van der Waals surface area contributed by atoms with E-state index in [4.69, 9.17) is 0 Å². The van der Waals surface area contributed by atoms with Crippen LogP contribution in [0.3, 0.4) is 0 Å². The predicted molar refractivity (Wildman–Crippen MR) is 55.1 cm³/mol. The number of nitrogens with zero attached hydrogens (tertiary/aromatic N) is 1. The molecule has 0 heterocycles. The quantitative estimate of drug-likeness (QED) is 0.827. The highest BCUT2D eigenvalue weighted by Gasteiger charge is 2.39. The summed E-state index contributed by atoms with van der Waals surface area (Å²) in [5.41, 5.74) is -1.17. The smallest absolute Gasteiger partial charge is 0.328 e. The van der Waals surface area contributed by atoms with E-state index in [9.17, 15) is 14.3 Å². The molecular weight excluding hydrogens is 197 g/mol. The molecule has 0 unspecified atom stereocenters. The lowest BCUT2D eigenvalue weighted by atomic mass is 9.90. The number of carbonyl (C=O) groups is 1. The first-order chi connectivity index (χ1) is 6.90. The normalized spacial score (nSPS) is 15.0. The maximum absolute atomic E-state index is 13.5. The van der Waals surface area contributed by atoms with Crippen molar-refractivity contribution < 1.29 is 14.3 Å². The zero-order valence-corrected chi connectivity index (χ0v) is 8.99. The van der Waals surface area contributed by atoms with E-state index in [1.165, 1.54) is 30.0 Å². The van der Waals surface area contributed by atoms with Gasteiger partial charge in [0.1, 0.15) is 11.4 Å². The summed E-state index contributed by atoms with van der Waals surface area (Å²) in [5.74, 6) is -1.58. The molecule has 15 heavy (non-hydrogen) atoms. The second-order valence-electron chi connectivity index (χ2n) is 3.75. The predicted octanol–water partition coefficient (Wildman–Crippen LogP) is 1.69. The third-order valence-electron chi connectivity index (χ3n) is 2.71. The summed E-state index contributed by atoms with van der Waals surface area (Å²) >= 11 is 0. The van der Waals surface area contributed by atoms with Crippen LogP contribution in [0.4, 0.5) is 4.39 Å². The highest BCUT2D eigenvalue weighted by Crippen LogP contribution is 2.28. The van der Waals surface area contributed by atoms with Gasteiger partial charge in [0.2, 0.25) is 0 Å². The van der Waals surface area contributed by atoms with Gasteiger partial charge in [0, 0.05) is 5.56 Å². The van der Waals surface area contributed by atoms with Gasteiger partial charge in [0.05, 0.1) is 0 Å². The van der Waals surface area contributed by atoms with Gasteiger partial charge in [-0.15, -0.1) is 0 Å². The van der Waals surface area contributed by atoms with Gasteiger partial charge in [-0.25, -0.2) is 9.18 Å². The number of rotatable bonds is 3. The molecule has 1 N–H and O–H groups in total. The number of carboxylic acids is 1. The molecule has 0 saturated carbocycles. The van der Waals surface area contributed by atoms with E-state index in [0.29, 0.717) is 0 Å². The Morgan fingerprint density at radius 3 is 2.33 bits per heavy atom. The summed E-state index contributed by atoms with van der Waals surface area (Å²) in [4.78, 5) is 12.7. The summed E-state index contributed by atoms with van der Waals surface area (Å²) in [6, 6.07) is 5.92. The van der Waals surface area contributed by atoms with Crippen molar-refractivity contribution in [3.05, 3.63) is 35.6 Å². The van der Waals surface area contributed by atoms with Gasteiger partial charge >= 0.3 is 5.97 Å². The maximum Gasteiger partial charge on any atom is 0.328 e. The molecule has 0 aromatic heterocycles. The maximum atomic E-state index is 13.5. The van der Waals surface area contributed by atoms with Crippen LogP contribution in [0.15, 0.2) is 24.3 Å². The van der Waals surface area contributed by atoms with Gasteiger partial charge < -0.3 is 5.11 Å². The first-order valence-electron chi connectivity index (χ1n) is 4.56. The minimum absolute atomic E-state index is 0.169. The molecule has 4 heteroatoms. The van der Waals surface area contributed by atoms with Crippen molar-refractivity contribution in [3.8, 4) is 0 Å². The molecule has 0 bridgehead atoms. The minimum atomic E-state index is -1.34. The Bertz CT molecular complexity index is 379. The molecular formula is C11H14FNO2. The van der Waals surface area contributed by atoms with Crippen LogP contribution in [-0.2, 0) is 10.3 Å². The number of carboxylic acid groups (broad SMARTS) is 1. The van der Waals surface area contributed by atoms with E-state index >= 15 is 0 Å². The van der Waals surface area contributed by atoms with Crippen LogP contribution in [0.1, 0.15) is 12.5 Å². The Morgan fingerprint density at radius 1 is 1.40 bits per heavy atom. The highest BCUT2D eigenvalue weighted by molar-refractivity contribution is 5.80. The monoisotopic (exact) mass is 211 g/mol. The van der Waals surface area contributed by atoms with Crippen LogP contribution in [0.25, 0.3) is 0 Å². The molecule has 1 aromatic carbocycles. The first kappa shape index (κ1) is 11.7. The van der Waals surface area contributed by atoms with Gasteiger partial charge in [0.15, 0.2) is 0 Å². The van der Waals surface area contributed by atoms with E-state index in [-0.39, 0.29) is 5.56 Å². The van der Waals surface area contributed by atoms with Crippen LogP contribution < -0.4 is 0 Å². The molecule has 0 saturated heterocycles. The molecule has 0 aliphatic heterocycles. The van der Waals surface area contributed by atoms with Crippen LogP contribution in [0.2, 0.25) is 0 Å². The van der Waals surface area contributed by atoms with Gasteiger partial charge in [-0.2, -0.15) is 0 Å². The minimum Gasteiger partial charge on any atom is -0.480 e. The molecule has 0 amide bonds. The molecule has 0 aliphatic carbocycles. The van der Waals surface area contributed by atoms with Crippen LogP contribution in [0.5, 0.6) is 0 Å². The van der Waals surface area contributed by atoms with Crippen LogP contribution in [-0.4, -0.2) is 30.1 Å². The summed E-state index contributed by atoms with van der Waals surface area (Å²) < 4.78 is 13.5. The zero-order valence-electron chi connectivity index (χ0n) is 8.99. The fourth-order valence-corrected chi connectivity index (χ4v) is 1.40. The average molecular weight is 211 g/mol. The van der Waals surface area contributed by atoms with Crippen LogP contribution in [0, 0.1) is 5.82 Å². The SMILES string of the molecule is CN(C)[C@](C)(C(=O)O)c1ccccc1F. The van der Waals surface area contributed by atoms with Gasteiger partial charge in [0.25, 0.3) is 0 Å². The molecule has 82 valence electrons. The average Bonchev–Trinajstić information content (AvgIpc) is 2.16. The van der Waals surface area contributed by atoms with E-state index in [2.05, 4.69) is 0 Å². The largest absolute Gasteiger partial charge is 0.480 e. The Kier molecular flexibility index (Phi) is 3.09. The summed E-state index contributed by atoms with van der Waals surface area (Å²) in [7, 11) is 3.22. The van der Waals surface area contributed by atoms with E-state index in [0.717, 1.165) is 0 Å². The van der Waals surface area contributed by atoms with Crippen molar-refractivity contribution in [2.45, 2.75) is 12.5 Å². The number of likely N-dealkylation sites (N-methyl/N-ethyl adjacent to an activating group) is 1. The molecule has 0 fully saturated rings. The van der Waals surface area contributed by atoms with Gasteiger partial charge in [-0.3, -0.25) is 4.90 Å². The lowest BCUT2D eigenvalue weighted by Crippen LogP contribution is -2.46. The lowest BCUT2D eigenvalue weighted by Gasteiger charge is -2.32. The van der Waals surface area contributed by atoms with E-state index in [1.807, 2.05) is 0 Å². The zero-order chi connectivity index (χ0) is 11.6. The fourth-order valence-electron chi connectivity index (χ4n) is 1.40. The summed E-state index contributed by atoms with van der Waals surface area (Å²) in [5, 5.41) is 9.17. The lowest BCUT2D eigenvalue weighted by molar-refractivity contribution is -0.149. The molecule has 0 aliphatic rings.